The fraction of sp³-hybridized carbons (Fsp3) is 0.375. The van der Waals surface area contributed by atoms with Gasteiger partial charge in [0.05, 0.1) is 33.4 Å². The number of aromatic nitrogens is 6. The van der Waals surface area contributed by atoms with Crippen LogP contribution in [0, 0.1) is 12.8 Å². The molecule has 1 aliphatic rings. The van der Waals surface area contributed by atoms with Crippen molar-refractivity contribution in [3.05, 3.63) is 57.9 Å². The number of aryl methyl sites for hydroxylation is 3. The smallest absolute Gasteiger partial charge is 0.181 e. The predicted molar refractivity (Wildman–Crippen MR) is 126 cm³/mol. The van der Waals surface area contributed by atoms with Crippen LogP contribution in [0.1, 0.15) is 52.1 Å². The van der Waals surface area contributed by atoms with Gasteiger partial charge in [0.15, 0.2) is 11.6 Å². The molecule has 0 radical (unpaired) electrons. The Morgan fingerprint density at radius 3 is 2.82 bits per heavy atom. The van der Waals surface area contributed by atoms with E-state index in [9.17, 15) is 9.90 Å². The second-order valence-electron chi connectivity index (χ2n) is 8.58. The fourth-order valence-electron chi connectivity index (χ4n) is 4.47. The van der Waals surface area contributed by atoms with Crippen molar-refractivity contribution in [2.45, 2.75) is 45.8 Å². The Morgan fingerprint density at radius 1 is 1.27 bits per heavy atom. The lowest BCUT2D eigenvalue weighted by atomic mass is 9.90. The van der Waals surface area contributed by atoms with Gasteiger partial charge < -0.3 is 5.11 Å². The Kier molecular flexibility index (Phi) is 5.67. The van der Waals surface area contributed by atoms with Crippen LogP contribution >= 0.6 is 11.3 Å². The van der Waals surface area contributed by atoms with E-state index in [-0.39, 0.29) is 11.7 Å². The highest BCUT2D eigenvalue weighted by atomic mass is 32.1. The van der Waals surface area contributed by atoms with Gasteiger partial charge in [0.1, 0.15) is 11.5 Å². The van der Waals surface area contributed by atoms with Gasteiger partial charge >= 0.3 is 0 Å². The lowest BCUT2D eigenvalue weighted by molar-refractivity contribution is 0.0944. The number of aliphatic hydroxyl groups excluding tert-OH is 1. The zero-order valence-electron chi connectivity index (χ0n) is 18.9. The minimum atomic E-state index is -0.655. The average Bonchev–Trinajstić information content (AvgIpc) is 3.50. The molecule has 170 valence electrons. The summed E-state index contributed by atoms with van der Waals surface area (Å²) in [4.78, 5) is 23.5. The van der Waals surface area contributed by atoms with E-state index in [1.807, 2.05) is 41.9 Å². The van der Waals surface area contributed by atoms with Gasteiger partial charge in [-0.2, -0.15) is 10.2 Å². The van der Waals surface area contributed by atoms with E-state index in [4.69, 9.17) is 4.98 Å². The Morgan fingerprint density at radius 2 is 2.06 bits per heavy atom. The lowest BCUT2D eigenvalue weighted by Crippen LogP contribution is -2.23. The van der Waals surface area contributed by atoms with Gasteiger partial charge in [-0.3, -0.25) is 9.48 Å². The van der Waals surface area contributed by atoms with Crippen molar-refractivity contribution in [2.75, 3.05) is 0 Å². The first-order valence-corrected chi connectivity index (χ1v) is 11.9. The second kappa shape index (κ2) is 8.64. The molecule has 1 aliphatic heterocycles. The zero-order valence-corrected chi connectivity index (χ0v) is 19.7. The van der Waals surface area contributed by atoms with Crippen molar-refractivity contribution in [2.24, 2.45) is 13.0 Å². The SMILES string of the molecule is Cc1nc(-c2cnn(C)c2C(=O)CC2CCn3nc(-c4ccccc4)nc3C2)c(C(C)O)s1. The lowest BCUT2D eigenvalue weighted by Gasteiger charge is -2.21. The predicted octanol–water partition coefficient (Wildman–Crippen LogP) is 4.00. The van der Waals surface area contributed by atoms with Crippen LogP contribution in [0.15, 0.2) is 36.5 Å². The molecule has 9 heteroatoms. The van der Waals surface area contributed by atoms with Crippen molar-refractivity contribution in [1.29, 1.82) is 0 Å². The number of thiazole rings is 1. The third-order valence-corrected chi connectivity index (χ3v) is 7.21. The van der Waals surface area contributed by atoms with E-state index in [2.05, 4.69) is 15.2 Å². The Hall–Kier alpha value is -3.17. The van der Waals surface area contributed by atoms with Crippen LogP contribution in [0.4, 0.5) is 0 Å². The monoisotopic (exact) mass is 462 g/mol. The first-order valence-electron chi connectivity index (χ1n) is 11.1. The highest BCUT2D eigenvalue weighted by Crippen LogP contribution is 2.35. The highest BCUT2D eigenvalue weighted by Gasteiger charge is 2.29. The topological polar surface area (TPSA) is 98.7 Å². The minimum Gasteiger partial charge on any atom is -0.388 e. The van der Waals surface area contributed by atoms with Crippen LogP contribution in [0.5, 0.6) is 0 Å². The van der Waals surface area contributed by atoms with Crippen LogP contribution in [0.25, 0.3) is 22.6 Å². The summed E-state index contributed by atoms with van der Waals surface area (Å²) in [5.41, 5.74) is 2.88. The molecule has 1 N–H and O–H groups in total. The van der Waals surface area contributed by atoms with Crippen LogP contribution in [0.3, 0.4) is 0 Å². The van der Waals surface area contributed by atoms with Crippen molar-refractivity contribution in [3.8, 4) is 22.6 Å². The fourth-order valence-corrected chi connectivity index (χ4v) is 5.35. The van der Waals surface area contributed by atoms with Gasteiger partial charge in [0.2, 0.25) is 0 Å². The standard InChI is InChI=1S/C24H26N6O2S/c1-14(31)23-21(26-15(2)33-23)18-13-25-29(3)22(18)19(32)11-16-9-10-30-20(12-16)27-24(28-30)17-7-5-4-6-8-17/h4-8,13-14,16,31H,9-12H2,1-3H3. The minimum absolute atomic E-state index is 0.0356. The highest BCUT2D eigenvalue weighted by molar-refractivity contribution is 7.12. The molecule has 3 aromatic heterocycles. The summed E-state index contributed by atoms with van der Waals surface area (Å²) in [5, 5.41) is 20.0. The summed E-state index contributed by atoms with van der Waals surface area (Å²) in [7, 11) is 1.78. The molecule has 0 saturated carbocycles. The molecular formula is C24H26N6O2S. The molecule has 0 amide bonds. The molecule has 5 rings (SSSR count). The van der Waals surface area contributed by atoms with Gasteiger partial charge in [-0.05, 0) is 26.2 Å². The van der Waals surface area contributed by atoms with Crippen molar-refractivity contribution in [1.82, 2.24) is 29.5 Å². The summed E-state index contributed by atoms with van der Waals surface area (Å²) in [6.07, 6.45) is 3.02. The van der Waals surface area contributed by atoms with E-state index in [1.165, 1.54) is 11.3 Å². The third-order valence-electron chi connectivity index (χ3n) is 6.07. The number of Topliss-reactive ketones (excluding diaryl/α,β-unsaturated/α-hetero) is 1. The van der Waals surface area contributed by atoms with Crippen LogP contribution in [-0.4, -0.2) is 40.4 Å². The first kappa shape index (κ1) is 21.7. The van der Waals surface area contributed by atoms with E-state index in [0.29, 0.717) is 29.8 Å². The largest absolute Gasteiger partial charge is 0.388 e. The number of fused-ring (bicyclic) bond motifs is 1. The molecule has 33 heavy (non-hydrogen) atoms. The summed E-state index contributed by atoms with van der Waals surface area (Å²) in [5.74, 6) is 1.88. The summed E-state index contributed by atoms with van der Waals surface area (Å²) < 4.78 is 3.59. The number of ketones is 1. The van der Waals surface area contributed by atoms with Crippen molar-refractivity contribution >= 4 is 17.1 Å². The number of carbonyl (C=O) groups is 1. The maximum Gasteiger partial charge on any atom is 0.181 e. The zero-order chi connectivity index (χ0) is 23.1. The number of benzene rings is 1. The van der Waals surface area contributed by atoms with Gasteiger partial charge in [0.25, 0.3) is 0 Å². The number of hydrogen-bond donors (Lipinski definition) is 1. The Labute approximate surface area is 195 Å². The number of carbonyl (C=O) groups excluding carboxylic acids is 1. The maximum absolute atomic E-state index is 13.4. The van der Waals surface area contributed by atoms with E-state index in [1.54, 1.807) is 24.9 Å². The Bertz CT molecular complexity index is 1300. The maximum atomic E-state index is 13.4. The van der Waals surface area contributed by atoms with Crippen LogP contribution < -0.4 is 0 Å². The van der Waals surface area contributed by atoms with Gasteiger partial charge in [-0.25, -0.2) is 14.6 Å². The molecule has 0 aliphatic carbocycles. The number of rotatable bonds is 6. The summed E-state index contributed by atoms with van der Waals surface area (Å²) in [6.45, 7) is 4.37. The second-order valence-corrected chi connectivity index (χ2v) is 9.81. The van der Waals surface area contributed by atoms with Crippen molar-refractivity contribution < 1.29 is 9.90 Å². The summed E-state index contributed by atoms with van der Waals surface area (Å²) >= 11 is 1.45. The summed E-state index contributed by atoms with van der Waals surface area (Å²) in [6, 6.07) is 9.96. The van der Waals surface area contributed by atoms with Gasteiger partial charge in [0, 0.05) is 32.0 Å². The van der Waals surface area contributed by atoms with Gasteiger partial charge in [-0.15, -0.1) is 11.3 Å². The van der Waals surface area contributed by atoms with Crippen molar-refractivity contribution in [3.63, 3.8) is 0 Å². The van der Waals surface area contributed by atoms with E-state index >= 15 is 0 Å². The normalized spacial score (nSPS) is 16.5. The molecule has 4 heterocycles. The third kappa shape index (κ3) is 4.14. The molecule has 0 bridgehead atoms. The molecule has 0 fully saturated rings. The Balaban J connectivity index is 1.37. The van der Waals surface area contributed by atoms with Gasteiger partial charge in [-0.1, -0.05) is 30.3 Å². The van der Waals surface area contributed by atoms with E-state index < -0.39 is 6.10 Å². The van der Waals surface area contributed by atoms with E-state index in [0.717, 1.165) is 40.1 Å². The number of hydrogen-bond acceptors (Lipinski definition) is 7. The number of nitrogens with zero attached hydrogens (tertiary/aromatic N) is 6. The molecule has 8 nitrogen and oxygen atoms in total. The first-order chi connectivity index (χ1) is 15.9. The molecular weight excluding hydrogens is 436 g/mol. The molecule has 0 saturated heterocycles. The molecule has 4 aromatic rings. The molecule has 1 aromatic carbocycles. The quantitative estimate of drug-likeness (QED) is 0.435. The van der Waals surface area contributed by atoms with Crippen LogP contribution in [0.2, 0.25) is 0 Å². The van der Waals surface area contributed by atoms with Crippen LogP contribution in [-0.2, 0) is 20.0 Å². The average molecular weight is 463 g/mol. The number of aliphatic hydroxyl groups is 1. The molecule has 0 spiro atoms. The molecule has 2 unspecified atom stereocenters. The molecule has 2 atom stereocenters.